The number of hydrogen-bond donors (Lipinski definition) is 1. The molecule has 0 saturated carbocycles. The van der Waals surface area contributed by atoms with E-state index in [9.17, 15) is 13.2 Å². The number of carboxylic acids is 1. The molecule has 0 amide bonds. The van der Waals surface area contributed by atoms with Gasteiger partial charge in [0.05, 0.1) is 0 Å². The Labute approximate surface area is 230 Å². The Morgan fingerprint density at radius 2 is 1.64 bits per heavy atom. The van der Waals surface area contributed by atoms with E-state index < -0.39 is 12.1 Å². The van der Waals surface area contributed by atoms with Gasteiger partial charge in [-0.3, -0.25) is 4.90 Å². The minimum absolute atomic E-state index is 0.542. The number of nitrogens with zero attached hydrogens (tertiary/aromatic N) is 4. The van der Waals surface area contributed by atoms with Crippen molar-refractivity contribution in [3.8, 4) is 28.6 Å². The first-order chi connectivity index (χ1) is 18.7. The van der Waals surface area contributed by atoms with Crippen molar-refractivity contribution in [2.75, 3.05) is 50.8 Å². The fourth-order valence-corrected chi connectivity index (χ4v) is 4.74. The number of benzene rings is 2. The number of likely N-dealkylation sites (N-methyl/N-ethyl adjacent to an activating group) is 1. The second-order valence-corrected chi connectivity index (χ2v) is 9.94. The fraction of sp³-hybridized carbons (Fsp3) is 0.444. The lowest BCUT2D eigenvalue weighted by Gasteiger charge is -2.26. The molecule has 1 aliphatic rings. The van der Waals surface area contributed by atoms with Crippen LogP contribution in [0.5, 0.6) is 5.75 Å². The molecule has 212 valence electrons. The summed E-state index contributed by atoms with van der Waals surface area (Å²) in [5, 5.41) is 11.3. The Morgan fingerprint density at radius 1 is 1.05 bits per heavy atom. The first kappa shape index (κ1) is 30.5. The van der Waals surface area contributed by atoms with Crippen LogP contribution in [0, 0.1) is 0 Å². The van der Waals surface area contributed by atoms with Crippen LogP contribution in [0.25, 0.3) is 22.8 Å². The van der Waals surface area contributed by atoms with Crippen LogP contribution in [0.2, 0.25) is 0 Å². The van der Waals surface area contributed by atoms with Crippen molar-refractivity contribution in [1.29, 1.82) is 0 Å². The van der Waals surface area contributed by atoms with Gasteiger partial charge in [-0.15, -0.1) is 0 Å². The Balaban J connectivity index is 0.000000532. The third-order valence-corrected chi connectivity index (χ3v) is 7.00. The molecular weight excluding hydrogens is 533 g/mol. The number of carbonyl (C=O) groups is 1. The third-order valence-electron chi connectivity index (χ3n) is 6.06. The average molecular weight is 567 g/mol. The highest BCUT2D eigenvalue weighted by Crippen LogP contribution is 2.25. The number of aliphatic carboxylic acids is 1. The SMILES string of the molecule is CCN(CC)CCOc1ccc(-c2noc(-c3ccc(CN4CCSCC4)cc3)n2)cc1.O=C(O)C(F)(F)F. The zero-order valence-corrected chi connectivity index (χ0v) is 22.8. The van der Waals surface area contributed by atoms with Gasteiger partial charge in [0.1, 0.15) is 12.4 Å². The van der Waals surface area contributed by atoms with E-state index in [1.807, 2.05) is 36.0 Å². The van der Waals surface area contributed by atoms with Crippen molar-refractivity contribution in [3.05, 3.63) is 54.1 Å². The third kappa shape index (κ3) is 9.86. The first-order valence-corrected chi connectivity index (χ1v) is 13.8. The summed E-state index contributed by atoms with van der Waals surface area (Å²) in [4.78, 5) is 18.3. The molecule has 2 heterocycles. The summed E-state index contributed by atoms with van der Waals surface area (Å²) in [6.45, 7) is 11.4. The van der Waals surface area contributed by atoms with Crippen LogP contribution < -0.4 is 4.74 Å². The maximum atomic E-state index is 10.6. The number of carboxylic acid groups (broad SMARTS) is 1. The lowest BCUT2D eigenvalue weighted by Crippen LogP contribution is -2.31. The van der Waals surface area contributed by atoms with Crippen LogP contribution in [0.3, 0.4) is 0 Å². The van der Waals surface area contributed by atoms with E-state index in [2.05, 4.69) is 58.1 Å². The summed E-state index contributed by atoms with van der Waals surface area (Å²) in [5.74, 6) is 1.68. The molecule has 0 atom stereocenters. The lowest BCUT2D eigenvalue weighted by molar-refractivity contribution is -0.192. The fourth-order valence-electron chi connectivity index (χ4n) is 3.76. The van der Waals surface area contributed by atoms with Crippen molar-refractivity contribution in [1.82, 2.24) is 19.9 Å². The summed E-state index contributed by atoms with van der Waals surface area (Å²) in [6.07, 6.45) is -5.08. The van der Waals surface area contributed by atoms with Crippen molar-refractivity contribution < 1.29 is 32.3 Å². The summed E-state index contributed by atoms with van der Waals surface area (Å²) >= 11 is 2.04. The van der Waals surface area contributed by atoms with E-state index in [1.54, 1.807) is 0 Å². The van der Waals surface area contributed by atoms with Crippen LogP contribution in [-0.4, -0.2) is 88.0 Å². The van der Waals surface area contributed by atoms with Gasteiger partial charge < -0.3 is 19.3 Å². The number of aromatic nitrogens is 2. The molecule has 0 spiro atoms. The molecule has 0 radical (unpaired) electrons. The number of thioether (sulfide) groups is 1. The Kier molecular flexibility index (Phi) is 11.6. The molecule has 1 N–H and O–H groups in total. The van der Waals surface area contributed by atoms with Gasteiger partial charge in [0.25, 0.3) is 5.89 Å². The number of ether oxygens (including phenoxy) is 1. The average Bonchev–Trinajstić information content (AvgIpc) is 3.43. The molecule has 1 aliphatic heterocycles. The maximum Gasteiger partial charge on any atom is 0.490 e. The number of halogens is 3. The van der Waals surface area contributed by atoms with Crippen molar-refractivity contribution in [2.24, 2.45) is 0 Å². The monoisotopic (exact) mass is 566 g/mol. The summed E-state index contributed by atoms with van der Waals surface area (Å²) in [6, 6.07) is 16.3. The standard InChI is InChI=1S/C25H32N4O2S.C2HF3O2/c1-3-28(4-2)13-16-30-23-11-9-21(10-12-23)24-26-25(31-27-24)22-7-5-20(6-8-22)19-29-14-17-32-18-15-29;3-2(4,5)1(6)7/h5-12H,3-4,13-19H2,1-2H3;(H,6,7). The second kappa shape index (κ2) is 14.9. The predicted molar refractivity (Wildman–Crippen MR) is 145 cm³/mol. The van der Waals surface area contributed by atoms with Gasteiger partial charge in [-0.2, -0.15) is 29.9 Å². The lowest BCUT2D eigenvalue weighted by atomic mass is 10.1. The molecule has 3 aromatic rings. The largest absolute Gasteiger partial charge is 0.492 e. The first-order valence-electron chi connectivity index (χ1n) is 12.7. The van der Waals surface area contributed by atoms with Gasteiger partial charge in [0, 0.05) is 48.8 Å². The van der Waals surface area contributed by atoms with E-state index in [0.717, 1.165) is 43.1 Å². The predicted octanol–water partition coefficient (Wildman–Crippen LogP) is 5.31. The van der Waals surface area contributed by atoms with Crippen LogP contribution in [0.4, 0.5) is 13.2 Å². The van der Waals surface area contributed by atoms with Crippen molar-refractivity contribution in [3.63, 3.8) is 0 Å². The van der Waals surface area contributed by atoms with E-state index in [4.69, 9.17) is 19.2 Å². The van der Waals surface area contributed by atoms with E-state index in [0.29, 0.717) is 18.3 Å². The highest BCUT2D eigenvalue weighted by Gasteiger charge is 2.38. The molecular formula is C27H33F3N4O4S. The molecule has 1 saturated heterocycles. The van der Waals surface area contributed by atoms with Crippen LogP contribution in [0.15, 0.2) is 53.1 Å². The zero-order chi connectivity index (χ0) is 28.3. The van der Waals surface area contributed by atoms with Crippen LogP contribution in [-0.2, 0) is 11.3 Å². The van der Waals surface area contributed by atoms with E-state index >= 15 is 0 Å². The molecule has 8 nitrogen and oxygen atoms in total. The van der Waals surface area contributed by atoms with Gasteiger partial charge in [0.2, 0.25) is 5.82 Å². The van der Waals surface area contributed by atoms with Crippen LogP contribution in [0.1, 0.15) is 19.4 Å². The Hall–Kier alpha value is -3.09. The summed E-state index contributed by atoms with van der Waals surface area (Å²) < 4.78 is 43.1. The number of hydrogen-bond acceptors (Lipinski definition) is 8. The molecule has 0 aliphatic carbocycles. The minimum Gasteiger partial charge on any atom is -0.492 e. The molecule has 12 heteroatoms. The van der Waals surface area contributed by atoms with E-state index in [-0.39, 0.29) is 0 Å². The van der Waals surface area contributed by atoms with Gasteiger partial charge in [-0.1, -0.05) is 31.1 Å². The molecule has 0 bridgehead atoms. The highest BCUT2D eigenvalue weighted by molar-refractivity contribution is 7.99. The molecule has 1 fully saturated rings. The van der Waals surface area contributed by atoms with Crippen molar-refractivity contribution in [2.45, 2.75) is 26.6 Å². The van der Waals surface area contributed by atoms with Gasteiger partial charge in [-0.05, 0) is 55.1 Å². The Bertz CT molecular complexity index is 1150. The molecule has 2 aromatic carbocycles. The molecule has 39 heavy (non-hydrogen) atoms. The zero-order valence-electron chi connectivity index (χ0n) is 22.0. The van der Waals surface area contributed by atoms with Gasteiger partial charge in [-0.25, -0.2) is 4.79 Å². The van der Waals surface area contributed by atoms with E-state index in [1.165, 1.54) is 30.2 Å². The number of rotatable bonds is 10. The van der Waals surface area contributed by atoms with Crippen LogP contribution >= 0.6 is 11.8 Å². The molecule has 4 rings (SSSR count). The van der Waals surface area contributed by atoms with Gasteiger partial charge in [0.15, 0.2) is 0 Å². The molecule has 0 unspecified atom stereocenters. The van der Waals surface area contributed by atoms with Gasteiger partial charge >= 0.3 is 12.1 Å². The maximum absolute atomic E-state index is 10.6. The Morgan fingerprint density at radius 3 is 2.21 bits per heavy atom. The summed E-state index contributed by atoms with van der Waals surface area (Å²) in [5.41, 5.74) is 3.17. The second-order valence-electron chi connectivity index (χ2n) is 8.71. The molecule has 1 aromatic heterocycles. The summed E-state index contributed by atoms with van der Waals surface area (Å²) in [7, 11) is 0. The highest BCUT2D eigenvalue weighted by atomic mass is 32.2. The quantitative estimate of drug-likeness (QED) is 0.351. The van der Waals surface area contributed by atoms with Crippen molar-refractivity contribution >= 4 is 17.7 Å². The normalized spacial score (nSPS) is 14.1. The smallest absolute Gasteiger partial charge is 0.490 e. The number of alkyl halides is 3. The topological polar surface area (TPSA) is 91.9 Å². The minimum atomic E-state index is -5.08.